The van der Waals surface area contributed by atoms with E-state index in [1.54, 1.807) is 0 Å². The molecule has 122 valence electrons. The van der Waals surface area contributed by atoms with Crippen molar-refractivity contribution in [1.29, 1.82) is 0 Å². The van der Waals surface area contributed by atoms with Crippen molar-refractivity contribution in [2.24, 2.45) is 0 Å². The fraction of sp³-hybridized carbons (Fsp3) is 0.538. The van der Waals surface area contributed by atoms with Crippen LogP contribution in [-0.2, 0) is 9.84 Å². The maximum absolute atomic E-state index is 11.5. The average Bonchev–Trinajstić information content (AvgIpc) is 2.47. The number of nitrogens with one attached hydrogen (secondary N) is 1. The summed E-state index contributed by atoms with van der Waals surface area (Å²) in [6, 6.07) is 4.04. The van der Waals surface area contributed by atoms with Crippen molar-refractivity contribution in [2.75, 3.05) is 50.5 Å². The van der Waals surface area contributed by atoms with Gasteiger partial charge in [0.2, 0.25) is 0 Å². The van der Waals surface area contributed by atoms with E-state index in [9.17, 15) is 18.5 Å². The fourth-order valence-corrected chi connectivity index (χ4v) is 3.26. The Kier molecular flexibility index (Phi) is 4.99. The summed E-state index contributed by atoms with van der Waals surface area (Å²) in [6.45, 7) is 3.63. The van der Waals surface area contributed by atoms with Gasteiger partial charge in [0, 0.05) is 12.3 Å². The van der Waals surface area contributed by atoms with Gasteiger partial charge in [-0.3, -0.25) is 10.1 Å². The van der Waals surface area contributed by atoms with Crippen LogP contribution in [0.1, 0.15) is 0 Å². The van der Waals surface area contributed by atoms with Gasteiger partial charge in [-0.1, -0.05) is 0 Å². The third-order valence-electron chi connectivity index (χ3n) is 3.85. The summed E-state index contributed by atoms with van der Waals surface area (Å²) >= 11 is 0. The van der Waals surface area contributed by atoms with Crippen molar-refractivity contribution >= 4 is 21.2 Å². The number of hydrogen-bond donors (Lipinski definition) is 2. The lowest BCUT2D eigenvalue weighted by Crippen LogP contribution is -3.15. The minimum Gasteiger partial charge on any atom is -0.391 e. The van der Waals surface area contributed by atoms with E-state index >= 15 is 0 Å². The Morgan fingerprint density at radius 3 is 2.50 bits per heavy atom. The highest BCUT2D eigenvalue weighted by Gasteiger charge is 2.26. The van der Waals surface area contributed by atoms with Crippen molar-refractivity contribution in [3.05, 3.63) is 28.3 Å². The summed E-state index contributed by atoms with van der Waals surface area (Å²) in [6.07, 6.45) is 1.03. The topological polar surface area (TPSA) is 105 Å². The summed E-state index contributed by atoms with van der Waals surface area (Å²) in [7, 11) is -3.48. The highest BCUT2D eigenvalue weighted by molar-refractivity contribution is 7.90. The highest BCUT2D eigenvalue weighted by atomic mass is 32.2. The standard InChI is InChI=1S/C13H19N3O5S/c1-22(20,21)11-2-3-12(13(10-11)16(18)19)15-6-4-14(5-7-15)8-9-17/h2-3,10,17H,4-9H2,1H3/p+1. The van der Waals surface area contributed by atoms with E-state index in [1.165, 1.54) is 17.0 Å². The van der Waals surface area contributed by atoms with Gasteiger partial charge in [-0.25, -0.2) is 8.42 Å². The van der Waals surface area contributed by atoms with Gasteiger partial charge in [0.15, 0.2) is 9.84 Å². The van der Waals surface area contributed by atoms with E-state index < -0.39 is 14.8 Å². The molecule has 2 N–H and O–H groups in total. The molecule has 1 heterocycles. The number of nitro benzene ring substituents is 1. The van der Waals surface area contributed by atoms with Gasteiger partial charge in [0.1, 0.15) is 12.2 Å². The normalized spacial score (nSPS) is 16.7. The molecular weight excluding hydrogens is 310 g/mol. The molecule has 2 rings (SSSR count). The smallest absolute Gasteiger partial charge is 0.293 e. The Labute approximate surface area is 129 Å². The third kappa shape index (κ3) is 3.73. The number of aliphatic hydroxyl groups excluding tert-OH is 1. The lowest BCUT2D eigenvalue weighted by atomic mass is 10.2. The van der Waals surface area contributed by atoms with Crippen molar-refractivity contribution < 1.29 is 23.3 Å². The van der Waals surface area contributed by atoms with Crippen LogP contribution in [0.2, 0.25) is 0 Å². The first kappa shape index (κ1) is 16.7. The lowest BCUT2D eigenvalue weighted by Gasteiger charge is -2.33. The molecule has 0 bridgehead atoms. The van der Waals surface area contributed by atoms with Gasteiger partial charge >= 0.3 is 0 Å². The molecule has 1 saturated heterocycles. The number of nitro groups is 1. The summed E-state index contributed by atoms with van der Waals surface area (Å²) in [5.41, 5.74) is 0.258. The van der Waals surface area contributed by atoms with Crippen molar-refractivity contribution in [3.8, 4) is 0 Å². The quantitative estimate of drug-likeness (QED) is 0.513. The second-order valence-electron chi connectivity index (χ2n) is 5.39. The minimum atomic E-state index is -3.48. The van der Waals surface area contributed by atoms with Crippen LogP contribution in [0, 0.1) is 10.1 Å². The number of rotatable bonds is 5. The Balaban J connectivity index is 2.26. The average molecular weight is 330 g/mol. The second kappa shape index (κ2) is 6.59. The van der Waals surface area contributed by atoms with Crippen LogP contribution < -0.4 is 9.80 Å². The molecule has 8 nitrogen and oxygen atoms in total. The molecule has 0 saturated carbocycles. The number of aliphatic hydroxyl groups is 1. The zero-order chi connectivity index (χ0) is 16.3. The van der Waals surface area contributed by atoms with E-state index in [-0.39, 0.29) is 17.2 Å². The van der Waals surface area contributed by atoms with Crippen LogP contribution in [0.15, 0.2) is 23.1 Å². The van der Waals surface area contributed by atoms with Crippen molar-refractivity contribution in [3.63, 3.8) is 0 Å². The van der Waals surface area contributed by atoms with Crippen LogP contribution in [0.3, 0.4) is 0 Å². The number of benzene rings is 1. The molecule has 0 aliphatic carbocycles. The Morgan fingerprint density at radius 2 is 2.00 bits per heavy atom. The van der Waals surface area contributed by atoms with Crippen LogP contribution in [0.5, 0.6) is 0 Å². The predicted molar refractivity (Wildman–Crippen MR) is 81.1 cm³/mol. The summed E-state index contributed by atoms with van der Waals surface area (Å²) in [5.74, 6) is 0. The first-order valence-corrected chi connectivity index (χ1v) is 8.90. The SMILES string of the molecule is CS(=O)(=O)c1ccc(N2CC[NH+](CCO)CC2)c([N+](=O)[O-])c1. The molecule has 0 spiro atoms. The van der Waals surface area contributed by atoms with Gasteiger partial charge in [-0.05, 0) is 12.1 Å². The maximum Gasteiger partial charge on any atom is 0.293 e. The summed E-state index contributed by atoms with van der Waals surface area (Å²) in [4.78, 5) is 13.8. The van der Waals surface area contributed by atoms with E-state index in [0.29, 0.717) is 25.3 Å². The maximum atomic E-state index is 11.5. The van der Waals surface area contributed by atoms with Crippen LogP contribution in [0.4, 0.5) is 11.4 Å². The first-order chi connectivity index (χ1) is 10.3. The van der Waals surface area contributed by atoms with Gasteiger partial charge in [-0.2, -0.15) is 0 Å². The number of quaternary nitrogens is 1. The van der Waals surface area contributed by atoms with E-state index in [4.69, 9.17) is 5.11 Å². The second-order valence-corrected chi connectivity index (χ2v) is 7.41. The molecule has 0 aromatic heterocycles. The molecule has 0 amide bonds. The zero-order valence-corrected chi connectivity index (χ0v) is 13.2. The number of hydrogen-bond acceptors (Lipinski definition) is 6. The summed E-state index contributed by atoms with van der Waals surface area (Å²) < 4.78 is 23.1. The van der Waals surface area contributed by atoms with Gasteiger partial charge in [0.05, 0.1) is 42.6 Å². The van der Waals surface area contributed by atoms with Crippen LogP contribution in [0.25, 0.3) is 0 Å². The highest BCUT2D eigenvalue weighted by Crippen LogP contribution is 2.30. The fourth-order valence-electron chi connectivity index (χ4n) is 2.62. The lowest BCUT2D eigenvalue weighted by molar-refractivity contribution is -0.900. The largest absolute Gasteiger partial charge is 0.391 e. The van der Waals surface area contributed by atoms with Gasteiger partial charge in [-0.15, -0.1) is 0 Å². The predicted octanol–water partition coefficient (Wildman–Crippen LogP) is -1.30. The monoisotopic (exact) mass is 330 g/mol. The Morgan fingerprint density at radius 1 is 1.36 bits per heavy atom. The van der Waals surface area contributed by atoms with Gasteiger partial charge < -0.3 is 14.9 Å². The molecule has 9 heteroatoms. The molecule has 1 fully saturated rings. The molecule has 22 heavy (non-hydrogen) atoms. The number of sulfone groups is 1. The molecule has 1 aromatic carbocycles. The molecule has 0 atom stereocenters. The number of nitrogens with zero attached hydrogens (tertiary/aromatic N) is 2. The molecule has 0 radical (unpaired) electrons. The number of anilines is 1. The van der Waals surface area contributed by atoms with Crippen molar-refractivity contribution in [1.82, 2.24) is 0 Å². The molecular formula is C13H20N3O5S+. The van der Waals surface area contributed by atoms with E-state index in [1.807, 2.05) is 4.90 Å². The zero-order valence-electron chi connectivity index (χ0n) is 12.4. The van der Waals surface area contributed by atoms with Gasteiger partial charge in [0.25, 0.3) is 5.69 Å². The molecule has 0 unspecified atom stereocenters. The molecule has 1 aliphatic heterocycles. The van der Waals surface area contributed by atoms with E-state index in [0.717, 1.165) is 25.4 Å². The van der Waals surface area contributed by atoms with E-state index in [2.05, 4.69) is 0 Å². The molecule has 1 aliphatic rings. The minimum absolute atomic E-state index is 0.0486. The Hall–Kier alpha value is -1.71. The van der Waals surface area contributed by atoms with Crippen LogP contribution >= 0.6 is 0 Å². The summed E-state index contributed by atoms with van der Waals surface area (Å²) in [5, 5.41) is 20.2. The first-order valence-electron chi connectivity index (χ1n) is 7.01. The molecule has 1 aromatic rings. The number of piperazine rings is 1. The third-order valence-corrected chi connectivity index (χ3v) is 4.96. The van der Waals surface area contributed by atoms with Crippen molar-refractivity contribution in [2.45, 2.75) is 4.90 Å². The van der Waals surface area contributed by atoms with Crippen LogP contribution in [-0.4, -0.2) is 64.0 Å². The Bertz CT molecular complexity index is 654.